The second-order valence-electron chi connectivity index (χ2n) is 11.3. The lowest BCUT2D eigenvalue weighted by atomic mass is 9.81. The van der Waals surface area contributed by atoms with E-state index in [-0.39, 0.29) is 16.2 Å². The Labute approximate surface area is 240 Å². The topological polar surface area (TPSA) is 162 Å². The molecule has 0 atom stereocenters. The number of benzene rings is 2. The van der Waals surface area contributed by atoms with Crippen molar-refractivity contribution in [3.05, 3.63) is 71.5 Å². The Kier molecular flexibility index (Phi) is 8.09. The lowest BCUT2D eigenvalue weighted by Crippen LogP contribution is -2.27. The molecule has 0 saturated carbocycles. The summed E-state index contributed by atoms with van der Waals surface area (Å²) in [6.07, 6.45) is 7.68. The molecule has 0 aromatic heterocycles. The molecule has 220 valence electrons. The minimum absolute atomic E-state index is 0.0945. The van der Waals surface area contributed by atoms with Crippen LogP contribution in [0.3, 0.4) is 0 Å². The van der Waals surface area contributed by atoms with E-state index in [1.54, 1.807) is 12.1 Å². The quantitative estimate of drug-likeness (QED) is 0.238. The number of hydrogen-bond donors (Lipinski definition) is 3. The summed E-state index contributed by atoms with van der Waals surface area (Å²) in [5.74, 6) is -0.838. The second-order valence-corrected chi connectivity index (χ2v) is 14.2. The molecule has 0 saturated heterocycles. The monoisotopic (exact) mass is 602 g/mol. The highest BCUT2D eigenvalue weighted by Crippen LogP contribution is 2.49. The van der Waals surface area contributed by atoms with Crippen molar-refractivity contribution in [2.45, 2.75) is 74.0 Å². The zero-order valence-corrected chi connectivity index (χ0v) is 25.0. The molecule has 12 heteroatoms. The van der Waals surface area contributed by atoms with Crippen molar-refractivity contribution in [2.75, 3.05) is 11.4 Å². The molecule has 0 amide bonds. The van der Waals surface area contributed by atoms with Gasteiger partial charge < -0.3 is 10.0 Å². The molecule has 4 rings (SSSR count). The molecular weight excluding hydrogens is 568 g/mol. The normalized spacial score (nSPS) is 18.5. The largest absolute Gasteiger partial charge is 0.481 e. The smallest absolute Gasteiger partial charge is 0.303 e. The Morgan fingerprint density at radius 2 is 1.49 bits per heavy atom. The number of carbonyl (C=O) groups is 1. The number of hydrogen-bond acceptors (Lipinski definition) is 7. The van der Waals surface area contributed by atoms with Gasteiger partial charge >= 0.3 is 5.97 Å². The van der Waals surface area contributed by atoms with Gasteiger partial charge in [-0.1, -0.05) is 40.2 Å². The molecular formula is C29H34N2O8S2. The molecule has 0 bridgehead atoms. The van der Waals surface area contributed by atoms with Gasteiger partial charge in [0.2, 0.25) is 0 Å². The van der Waals surface area contributed by atoms with Gasteiger partial charge in [-0.05, 0) is 72.5 Å². The van der Waals surface area contributed by atoms with Crippen molar-refractivity contribution in [3.63, 3.8) is 0 Å². The first-order chi connectivity index (χ1) is 18.9. The van der Waals surface area contributed by atoms with Crippen LogP contribution >= 0.6 is 0 Å². The number of unbranched alkanes of at least 4 members (excludes halogenated alkanes) is 2. The summed E-state index contributed by atoms with van der Waals surface area (Å²) >= 11 is 0. The maximum atomic E-state index is 11.9. The van der Waals surface area contributed by atoms with Gasteiger partial charge in [-0.3, -0.25) is 18.9 Å². The SMILES string of the molecule is CC1(C)C(/C=C/C=C2/N(CCCCCC(=O)O)c3ccc(S(=O)(=O)O)cc3C2(C)C)=Nc2ccc(S(=O)(=O)O)cc21. The maximum absolute atomic E-state index is 11.9. The zero-order chi connectivity index (χ0) is 30.4. The van der Waals surface area contributed by atoms with E-state index in [4.69, 9.17) is 5.11 Å². The Morgan fingerprint density at radius 1 is 0.878 bits per heavy atom. The number of carboxylic acids is 1. The summed E-state index contributed by atoms with van der Waals surface area (Å²) in [5.41, 5.74) is 3.16. The van der Waals surface area contributed by atoms with E-state index in [1.165, 1.54) is 24.3 Å². The highest BCUT2D eigenvalue weighted by atomic mass is 32.2. The molecule has 10 nitrogen and oxygen atoms in total. The van der Waals surface area contributed by atoms with E-state index in [2.05, 4.69) is 9.89 Å². The van der Waals surface area contributed by atoms with Crippen LogP contribution < -0.4 is 4.90 Å². The van der Waals surface area contributed by atoms with Gasteiger partial charge in [-0.25, -0.2) is 0 Å². The van der Waals surface area contributed by atoms with Gasteiger partial charge in [0, 0.05) is 35.2 Å². The van der Waals surface area contributed by atoms with E-state index in [0.29, 0.717) is 36.3 Å². The molecule has 2 aliphatic rings. The van der Waals surface area contributed by atoms with Gasteiger partial charge in [0.25, 0.3) is 20.2 Å². The van der Waals surface area contributed by atoms with Crippen LogP contribution in [-0.2, 0) is 35.9 Å². The highest BCUT2D eigenvalue weighted by molar-refractivity contribution is 7.86. The van der Waals surface area contributed by atoms with E-state index in [1.807, 2.05) is 45.9 Å². The van der Waals surface area contributed by atoms with Crippen molar-refractivity contribution in [2.24, 2.45) is 4.99 Å². The third kappa shape index (κ3) is 6.15. The first-order valence-corrected chi connectivity index (χ1v) is 16.0. The molecule has 3 N–H and O–H groups in total. The summed E-state index contributed by atoms with van der Waals surface area (Å²) in [4.78, 5) is 17.3. The number of carboxylic acid groups (broad SMARTS) is 1. The minimum atomic E-state index is -4.40. The van der Waals surface area contributed by atoms with E-state index < -0.39 is 37.0 Å². The predicted molar refractivity (Wildman–Crippen MR) is 156 cm³/mol. The molecule has 2 aromatic carbocycles. The van der Waals surface area contributed by atoms with E-state index in [9.17, 15) is 30.7 Å². The van der Waals surface area contributed by atoms with Crippen molar-refractivity contribution in [1.82, 2.24) is 0 Å². The standard InChI is InChI=1S/C29H34N2O8S2/c1-28(2)21-17-19(40(34,35)36)12-14-23(21)30-25(28)9-8-10-26-29(3,4)22-18-20(41(37,38)39)13-15-24(22)31(26)16-7-5-6-11-27(32)33/h8-10,12-15,17-18H,5-7,11,16H2,1-4H3,(H,32,33)(H,34,35,36)(H,37,38,39)/b9-8+,26-10+. The Hall–Kier alpha value is -3.32. The molecule has 41 heavy (non-hydrogen) atoms. The molecule has 2 heterocycles. The number of nitrogens with zero attached hydrogens (tertiary/aromatic N) is 2. The van der Waals surface area contributed by atoms with Gasteiger partial charge in [0.05, 0.1) is 21.2 Å². The third-order valence-corrected chi connectivity index (χ3v) is 9.46. The summed E-state index contributed by atoms with van der Waals surface area (Å²) in [6.45, 7) is 8.34. The Bertz CT molecular complexity index is 1700. The number of allylic oxidation sites excluding steroid dienone is 4. The average molecular weight is 603 g/mol. The van der Waals surface area contributed by atoms with Crippen LogP contribution in [0.25, 0.3) is 0 Å². The van der Waals surface area contributed by atoms with Crippen LogP contribution in [0.15, 0.2) is 75.1 Å². The van der Waals surface area contributed by atoms with Crippen LogP contribution in [0.4, 0.5) is 11.4 Å². The third-order valence-electron chi connectivity index (χ3n) is 7.76. The molecule has 0 unspecified atom stereocenters. The van der Waals surface area contributed by atoms with Gasteiger partial charge in [0.15, 0.2) is 0 Å². The fourth-order valence-electron chi connectivity index (χ4n) is 5.44. The van der Waals surface area contributed by atoms with Crippen LogP contribution in [0.1, 0.15) is 64.5 Å². The lowest BCUT2D eigenvalue weighted by Gasteiger charge is -2.27. The van der Waals surface area contributed by atoms with E-state index >= 15 is 0 Å². The summed E-state index contributed by atoms with van der Waals surface area (Å²) in [6, 6.07) is 8.85. The average Bonchev–Trinajstić information content (AvgIpc) is 3.23. The van der Waals surface area contributed by atoms with E-state index in [0.717, 1.165) is 23.4 Å². The maximum Gasteiger partial charge on any atom is 0.303 e. The van der Waals surface area contributed by atoms with Crippen molar-refractivity contribution in [1.29, 1.82) is 0 Å². The van der Waals surface area contributed by atoms with Gasteiger partial charge in [-0.15, -0.1) is 0 Å². The van der Waals surface area contributed by atoms with Crippen molar-refractivity contribution in [3.8, 4) is 0 Å². The zero-order valence-electron chi connectivity index (χ0n) is 23.3. The number of aliphatic imine (C=N–C) groups is 1. The summed E-state index contributed by atoms with van der Waals surface area (Å²) in [5, 5.41) is 8.94. The summed E-state index contributed by atoms with van der Waals surface area (Å²) < 4.78 is 66.2. The summed E-state index contributed by atoms with van der Waals surface area (Å²) in [7, 11) is -8.76. The molecule has 2 aliphatic heterocycles. The van der Waals surface area contributed by atoms with Crippen LogP contribution in [-0.4, -0.2) is 49.3 Å². The molecule has 0 spiro atoms. The highest BCUT2D eigenvalue weighted by Gasteiger charge is 2.40. The van der Waals surface area contributed by atoms with Crippen LogP contribution in [0, 0.1) is 0 Å². The number of rotatable bonds is 10. The predicted octanol–water partition coefficient (Wildman–Crippen LogP) is 5.43. The van der Waals surface area contributed by atoms with Crippen LogP contribution in [0.5, 0.6) is 0 Å². The first kappa shape index (κ1) is 30.6. The van der Waals surface area contributed by atoms with Gasteiger partial charge in [-0.2, -0.15) is 16.8 Å². The van der Waals surface area contributed by atoms with Crippen molar-refractivity contribution < 1.29 is 35.8 Å². The fourth-order valence-corrected chi connectivity index (χ4v) is 6.45. The second kappa shape index (κ2) is 10.8. The minimum Gasteiger partial charge on any atom is -0.481 e. The fraction of sp³-hybridized carbons (Fsp3) is 0.379. The molecule has 0 aliphatic carbocycles. The molecule has 2 aromatic rings. The molecule has 0 radical (unpaired) electrons. The lowest BCUT2D eigenvalue weighted by molar-refractivity contribution is -0.137. The number of anilines is 1. The van der Waals surface area contributed by atoms with Crippen LogP contribution in [0.2, 0.25) is 0 Å². The molecule has 0 fully saturated rings. The number of fused-ring (bicyclic) bond motifs is 2. The Balaban J connectivity index is 1.67. The van der Waals surface area contributed by atoms with Gasteiger partial charge in [0.1, 0.15) is 0 Å². The first-order valence-electron chi connectivity index (χ1n) is 13.2. The van der Waals surface area contributed by atoms with Crippen molar-refractivity contribution >= 4 is 43.3 Å². The Morgan fingerprint density at radius 3 is 2.10 bits per heavy atom. The number of aliphatic carboxylic acids is 1.